The summed E-state index contributed by atoms with van der Waals surface area (Å²) in [6.45, 7) is 4.05. The maximum absolute atomic E-state index is 12.9. The number of nitrogens with zero attached hydrogens (tertiary/aromatic N) is 3. The van der Waals surface area contributed by atoms with Crippen molar-refractivity contribution in [2.45, 2.75) is 13.8 Å². The lowest BCUT2D eigenvalue weighted by atomic mass is 10.1. The fourth-order valence-corrected chi connectivity index (χ4v) is 3.56. The van der Waals surface area contributed by atoms with Gasteiger partial charge in [-0.2, -0.15) is 0 Å². The fourth-order valence-electron chi connectivity index (χ4n) is 3.03. The number of carbonyl (C=O) groups excluding carboxylic acids is 1. The van der Waals surface area contributed by atoms with E-state index in [1.165, 1.54) is 0 Å². The van der Waals surface area contributed by atoms with Crippen LogP contribution >= 0.6 is 31.9 Å². The van der Waals surface area contributed by atoms with E-state index in [1.54, 1.807) is 4.68 Å². The standard InChI is InChI=1S/C23H18Br2N4O/c1-14-3-4-15(2)20(13-14)29-22(16-5-7-17(24)8-6-16)27-21(28-29)23(30)26-19-11-9-18(25)10-12-19/h3-13H,1-2H3,(H,26,30). The van der Waals surface area contributed by atoms with E-state index in [2.05, 4.69) is 53.3 Å². The molecule has 3 aromatic carbocycles. The molecule has 0 fully saturated rings. The minimum absolute atomic E-state index is 0.108. The average molecular weight is 526 g/mol. The number of nitrogens with one attached hydrogen (secondary N) is 1. The van der Waals surface area contributed by atoms with Crippen molar-refractivity contribution in [3.05, 3.63) is 92.6 Å². The molecule has 7 heteroatoms. The third-order valence-electron chi connectivity index (χ3n) is 4.61. The topological polar surface area (TPSA) is 59.8 Å². The Labute approximate surface area is 191 Å². The highest BCUT2D eigenvalue weighted by molar-refractivity contribution is 9.10. The monoisotopic (exact) mass is 524 g/mol. The van der Waals surface area contributed by atoms with Crippen LogP contribution in [-0.2, 0) is 0 Å². The van der Waals surface area contributed by atoms with Crippen LogP contribution < -0.4 is 5.32 Å². The largest absolute Gasteiger partial charge is 0.319 e. The van der Waals surface area contributed by atoms with Crippen LogP contribution in [0.2, 0.25) is 0 Å². The van der Waals surface area contributed by atoms with Gasteiger partial charge in [0.15, 0.2) is 5.82 Å². The molecule has 150 valence electrons. The first-order valence-electron chi connectivity index (χ1n) is 9.28. The second kappa shape index (κ2) is 8.53. The molecule has 0 aliphatic carbocycles. The van der Waals surface area contributed by atoms with E-state index in [0.29, 0.717) is 11.5 Å². The SMILES string of the molecule is Cc1ccc(C)c(-n2nc(C(=O)Nc3ccc(Br)cc3)nc2-c2ccc(Br)cc2)c1. The number of aromatic nitrogens is 3. The fraction of sp³-hybridized carbons (Fsp3) is 0.0870. The minimum atomic E-state index is -0.361. The molecule has 0 unspecified atom stereocenters. The summed E-state index contributed by atoms with van der Waals surface area (Å²) in [5, 5.41) is 7.43. The molecule has 4 aromatic rings. The third-order valence-corrected chi connectivity index (χ3v) is 5.66. The molecule has 1 amide bonds. The van der Waals surface area contributed by atoms with Crippen LogP contribution in [0.1, 0.15) is 21.7 Å². The molecule has 0 saturated carbocycles. The van der Waals surface area contributed by atoms with Crippen LogP contribution in [0.5, 0.6) is 0 Å². The summed E-state index contributed by atoms with van der Waals surface area (Å²) in [5.41, 5.74) is 4.59. The van der Waals surface area contributed by atoms with Crippen molar-refractivity contribution in [1.82, 2.24) is 14.8 Å². The van der Waals surface area contributed by atoms with Gasteiger partial charge in [0, 0.05) is 20.2 Å². The van der Waals surface area contributed by atoms with E-state index in [-0.39, 0.29) is 11.7 Å². The lowest BCUT2D eigenvalue weighted by Crippen LogP contribution is -2.14. The molecule has 1 heterocycles. The van der Waals surface area contributed by atoms with Gasteiger partial charge < -0.3 is 5.32 Å². The van der Waals surface area contributed by atoms with Gasteiger partial charge in [-0.25, -0.2) is 9.67 Å². The highest BCUT2D eigenvalue weighted by Gasteiger charge is 2.20. The maximum atomic E-state index is 12.9. The van der Waals surface area contributed by atoms with Crippen LogP contribution in [-0.4, -0.2) is 20.7 Å². The van der Waals surface area contributed by atoms with Gasteiger partial charge in [-0.15, -0.1) is 5.10 Å². The van der Waals surface area contributed by atoms with Gasteiger partial charge in [-0.3, -0.25) is 4.79 Å². The number of hydrogen-bond acceptors (Lipinski definition) is 3. The Balaban J connectivity index is 1.79. The summed E-state index contributed by atoms with van der Waals surface area (Å²) in [5.74, 6) is 0.355. The summed E-state index contributed by atoms with van der Waals surface area (Å²) in [6.07, 6.45) is 0. The van der Waals surface area contributed by atoms with Crippen molar-refractivity contribution in [2.24, 2.45) is 0 Å². The first-order valence-corrected chi connectivity index (χ1v) is 10.9. The second-order valence-corrected chi connectivity index (χ2v) is 8.76. The Morgan fingerprint density at radius 3 is 2.20 bits per heavy atom. The van der Waals surface area contributed by atoms with Crippen molar-refractivity contribution >= 4 is 43.5 Å². The summed E-state index contributed by atoms with van der Waals surface area (Å²) in [6, 6.07) is 21.3. The van der Waals surface area contributed by atoms with E-state index in [1.807, 2.05) is 74.5 Å². The van der Waals surface area contributed by atoms with Gasteiger partial charge in [-0.1, -0.05) is 56.1 Å². The predicted molar refractivity (Wildman–Crippen MR) is 126 cm³/mol. The van der Waals surface area contributed by atoms with Crippen molar-refractivity contribution in [3.63, 3.8) is 0 Å². The number of amides is 1. The van der Waals surface area contributed by atoms with Gasteiger partial charge in [0.2, 0.25) is 5.82 Å². The maximum Gasteiger partial charge on any atom is 0.295 e. The zero-order valence-corrected chi connectivity index (χ0v) is 19.5. The molecule has 0 bridgehead atoms. The van der Waals surface area contributed by atoms with Crippen molar-refractivity contribution in [1.29, 1.82) is 0 Å². The average Bonchev–Trinajstić information content (AvgIpc) is 3.17. The Hall–Kier alpha value is -2.77. The van der Waals surface area contributed by atoms with Gasteiger partial charge in [-0.05, 0) is 67.4 Å². The number of rotatable bonds is 4. The number of carbonyl (C=O) groups is 1. The van der Waals surface area contributed by atoms with Gasteiger partial charge in [0.25, 0.3) is 5.91 Å². The lowest BCUT2D eigenvalue weighted by molar-refractivity contribution is 0.101. The molecule has 0 atom stereocenters. The quantitative estimate of drug-likeness (QED) is 0.338. The zero-order chi connectivity index (χ0) is 21.3. The highest BCUT2D eigenvalue weighted by atomic mass is 79.9. The third kappa shape index (κ3) is 4.37. The first-order chi connectivity index (χ1) is 14.4. The Morgan fingerprint density at radius 2 is 1.53 bits per heavy atom. The van der Waals surface area contributed by atoms with Gasteiger partial charge in [0.05, 0.1) is 5.69 Å². The van der Waals surface area contributed by atoms with Crippen LogP contribution in [0, 0.1) is 13.8 Å². The first kappa shape index (κ1) is 20.5. The molecule has 0 saturated heterocycles. The molecule has 30 heavy (non-hydrogen) atoms. The Kier molecular flexibility index (Phi) is 5.83. The lowest BCUT2D eigenvalue weighted by Gasteiger charge is -2.10. The zero-order valence-electron chi connectivity index (χ0n) is 16.4. The number of anilines is 1. The van der Waals surface area contributed by atoms with Crippen molar-refractivity contribution in [3.8, 4) is 17.1 Å². The van der Waals surface area contributed by atoms with Gasteiger partial charge >= 0.3 is 0 Å². The van der Waals surface area contributed by atoms with E-state index in [4.69, 9.17) is 0 Å². The number of hydrogen-bond donors (Lipinski definition) is 1. The normalized spacial score (nSPS) is 10.8. The number of benzene rings is 3. The Bertz CT molecular complexity index is 1220. The van der Waals surface area contributed by atoms with Crippen molar-refractivity contribution in [2.75, 3.05) is 5.32 Å². The molecule has 0 spiro atoms. The van der Waals surface area contributed by atoms with E-state index >= 15 is 0 Å². The number of aryl methyl sites for hydroxylation is 2. The predicted octanol–water partition coefficient (Wildman–Crippen LogP) is 6.33. The smallest absolute Gasteiger partial charge is 0.295 e. The summed E-state index contributed by atoms with van der Waals surface area (Å²) in [4.78, 5) is 17.5. The highest BCUT2D eigenvalue weighted by Crippen LogP contribution is 2.26. The van der Waals surface area contributed by atoms with Crippen LogP contribution in [0.15, 0.2) is 75.7 Å². The Morgan fingerprint density at radius 1 is 0.900 bits per heavy atom. The van der Waals surface area contributed by atoms with E-state index in [9.17, 15) is 4.79 Å². The van der Waals surface area contributed by atoms with Crippen LogP contribution in [0.4, 0.5) is 5.69 Å². The minimum Gasteiger partial charge on any atom is -0.319 e. The molecular formula is C23H18Br2N4O. The molecule has 4 rings (SSSR count). The molecule has 1 aromatic heterocycles. The molecular weight excluding hydrogens is 508 g/mol. The van der Waals surface area contributed by atoms with E-state index in [0.717, 1.165) is 31.3 Å². The van der Waals surface area contributed by atoms with Crippen LogP contribution in [0.3, 0.4) is 0 Å². The molecule has 0 aliphatic heterocycles. The summed E-state index contributed by atoms with van der Waals surface area (Å²) < 4.78 is 3.65. The summed E-state index contributed by atoms with van der Waals surface area (Å²) in [7, 11) is 0. The second-order valence-electron chi connectivity index (χ2n) is 6.93. The summed E-state index contributed by atoms with van der Waals surface area (Å²) >= 11 is 6.86. The van der Waals surface area contributed by atoms with E-state index < -0.39 is 0 Å². The molecule has 0 aliphatic rings. The molecule has 0 radical (unpaired) electrons. The van der Waals surface area contributed by atoms with Crippen LogP contribution in [0.25, 0.3) is 17.1 Å². The molecule has 5 nitrogen and oxygen atoms in total. The molecule has 1 N–H and O–H groups in total. The van der Waals surface area contributed by atoms with Gasteiger partial charge in [0.1, 0.15) is 0 Å². The number of halogens is 2. The van der Waals surface area contributed by atoms with Crippen molar-refractivity contribution < 1.29 is 4.79 Å².